The number of halogens is 1. The molecule has 2 rings (SSSR count). The van der Waals surface area contributed by atoms with Crippen molar-refractivity contribution in [2.45, 2.75) is 20.3 Å². The zero-order chi connectivity index (χ0) is 14.0. The number of ether oxygens (including phenoxy) is 1. The molecular formula is C15H19ClN2O. The fourth-order valence-electron chi connectivity index (χ4n) is 2.17. The van der Waals surface area contributed by atoms with Crippen molar-refractivity contribution in [2.75, 3.05) is 19.5 Å². The minimum atomic E-state index is 0.573. The van der Waals surface area contributed by atoms with Gasteiger partial charge in [0.25, 0.3) is 0 Å². The van der Waals surface area contributed by atoms with Crippen molar-refractivity contribution in [3.63, 3.8) is 0 Å². The smallest absolute Gasteiger partial charge is 0.139 e. The summed E-state index contributed by atoms with van der Waals surface area (Å²) in [6.07, 6.45) is 0.954. The Morgan fingerprint density at radius 2 is 2.05 bits per heavy atom. The zero-order valence-corrected chi connectivity index (χ0v) is 12.5. The Bertz CT molecular complexity index is 596. The van der Waals surface area contributed by atoms with Gasteiger partial charge >= 0.3 is 0 Å². The molecule has 0 spiro atoms. The number of benzene rings is 1. The molecule has 0 aliphatic heterocycles. The van der Waals surface area contributed by atoms with Crippen molar-refractivity contribution in [1.29, 1.82) is 0 Å². The molecule has 0 unspecified atom stereocenters. The van der Waals surface area contributed by atoms with Crippen LogP contribution in [0.3, 0.4) is 0 Å². The van der Waals surface area contributed by atoms with Gasteiger partial charge < -0.3 is 10.1 Å². The minimum absolute atomic E-state index is 0.573. The van der Waals surface area contributed by atoms with Crippen molar-refractivity contribution < 1.29 is 4.74 Å². The standard InChI is InChI=1S/C15H19ClN2O/c1-9(2)5-10-6-13(17-3)11-7-12(16)15(19-4)8-14(11)18-10/h6-9H,5H2,1-4H3,(H,17,18). The van der Waals surface area contributed by atoms with Crippen LogP contribution in [0.2, 0.25) is 5.02 Å². The number of pyridine rings is 1. The first-order valence-electron chi connectivity index (χ1n) is 6.40. The van der Waals surface area contributed by atoms with E-state index in [4.69, 9.17) is 21.3 Å². The van der Waals surface area contributed by atoms with E-state index in [0.717, 1.165) is 28.7 Å². The topological polar surface area (TPSA) is 34.2 Å². The van der Waals surface area contributed by atoms with Crippen LogP contribution in [-0.2, 0) is 6.42 Å². The molecule has 0 saturated heterocycles. The molecule has 0 radical (unpaired) electrons. The largest absolute Gasteiger partial charge is 0.495 e. The van der Waals surface area contributed by atoms with Crippen LogP contribution in [0.25, 0.3) is 10.9 Å². The summed E-state index contributed by atoms with van der Waals surface area (Å²) in [6.45, 7) is 4.38. The van der Waals surface area contributed by atoms with Gasteiger partial charge in [0.1, 0.15) is 5.75 Å². The van der Waals surface area contributed by atoms with Gasteiger partial charge in [0, 0.05) is 29.9 Å². The molecule has 1 N–H and O–H groups in total. The Kier molecular flexibility index (Phi) is 4.15. The Morgan fingerprint density at radius 1 is 1.32 bits per heavy atom. The molecule has 2 aromatic rings. The van der Waals surface area contributed by atoms with Crippen molar-refractivity contribution >= 4 is 28.2 Å². The summed E-state index contributed by atoms with van der Waals surface area (Å²) in [5.74, 6) is 1.23. The Balaban J connectivity index is 2.63. The number of rotatable bonds is 4. The van der Waals surface area contributed by atoms with Crippen LogP contribution in [0.5, 0.6) is 5.75 Å². The van der Waals surface area contributed by atoms with Gasteiger partial charge in [-0.05, 0) is 24.5 Å². The van der Waals surface area contributed by atoms with E-state index < -0.39 is 0 Å². The van der Waals surface area contributed by atoms with Crippen LogP contribution in [0.1, 0.15) is 19.5 Å². The lowest BCUT2D eigenvalue weighted by Crippen LogP contribution is -2.01. The highest BCUT2D eigenvalue weighted by Gasteiger charge is 2.10. The molecular weight excluding hydrogens is 260 g/mol. The third-order valence-electron chi connectivity index (χ3n) is 3.02. The molecule has 0 amide bonds. The summed E-state index contributed by atoms with van der Waals surface area (Å²) >= 11 is 6.18. The maximum atomic E-state index is 6.18. The Hall–Kier alpha value is -1.48. The third kappa shape index (κ3) is 2.92. The fourth-order valence-corrected chi connectivity index (χ4v) is 2.41. The maximum absolute atomic E-state index is 6.18. The van der Waals surface area contributed by atoms with E-state index in [1.165, 1.54) is 0 Å². The Labute approximate surface area is 118 Å². The molecule has 0 aliphatic rings. The highest BCUT2D eigenvalue weighted by atomic mass is 35.5. The molecule has 1 heterocycles. The predicted octanol–water partition coefficient (Wildman–Crippen LogP) is 4.14. The van der Waals surface area contributed by atoms with Crippen LogP contribution in [0, 0.1) is 5.92 Å². The van der Waals surface area contributed by atoms with E-state index in [2.05, 4.69) is 25.2 Å². The van der Waals surface area contributed by atoms with E-state index in [0.29, 0.717) is 16.7 Å². The van der Waals surface area contributed by atoms with Crippen molar-refractivity contribution in [3.05, 3.63) is 28.9 Å². The monoisotopic (exact) mass is 278 g/mol. The molecule has 0 bridgehead atoms. The molecule has 1 aromatic heterocycles. The second-order valence-corrected chi connectivity index (χ2v) is 5.42. The van der Waals surface area contributed by atoms with Gasteiger partial charge in [-0.1, -0.05) is 25.4 Å². The van der Waals surface area contributed by atoms with E-state index in [9.17, 15) is 0 Å². The molecule has 102 valence electrons. The quantitative estimate of drug-likeness (QED) is 0.913. The van der Waals surface area contributed by atoms with Gasteiger partial charge in [-0.25, -0.2) is 0 Å². The van der Waals surface area contributed by atoms with Crippen molar-refractivity contribution in [1.82, 2.24) is 4.98 Å². The third-order valence-corrected chi connectivity index (χ3v) is 3.32. The van der Waals surface area contributed by atoms with E-state index >= 15 is 0 Å². The molecule has 0 saturated carbocycles. The highest BCUT2D eigenvalue weighted by Crippen LogP contribution is 2.33. The lowest BCUT2D eigenvalue weighted by molar-refractivity contribution is 0.415. The van der Waals surface area contributed by atoms with Gasteiger partial charge in [0.2, 0.25) is 0 Å². The summed E-state index contributed by atoms with van der Waals surface area (Å²) in [5, 5.41) is 4.83. The molecule has 0 atom stereocenters. The number of nitrogens with zero attached hydrogens (tertiary/aromatic N) is 1. The average molecular weight is 279 g/mol. The van der Waals surface area contributed by atoms with Gasteiger partial charge in [0.05, 0.1) is 17.6 Å². The lowest BCUT2D eigenvalue weighted by Gasteiger charge is -2.12. The number of hydrogen-bond acceptors (Lipinski definition) is 3. The fraction of sp³-hybridized carbons (Fsp3) is 0.400. The van der Waals surface area contributed by atoms with Gasteiger partial charge in [-0.2, -0.15) is 0 Å². The molecule has 4 heteroatoms. The van der Waals surface area contributed by atoms with Crippen molar-refractivity contribution in [2.24, 2.45) is 5.92 Å². The van der Waals surface area contributed by atoms with Crippen LogP contribution < -0.4 is 10.1 Å². The first-order valence-corrected chi connectivity index (χ1v) is 6.78. The van der Waals surface area contributed by atoms with E-state index in [1.807, 2.05) is 19.2 Å². The molecule has 0 aliphatic carbocycles. The molecule has 0 fully saturated rings. The average Bonchev–Trinajstić information content (AvgIpc) is 2.36. The highest BCUT2D eigenvalue weighted by molar-refractivity contribution is 6.33. The maximum Gasteiger partial charge on any atom is 0.139 e. The number of fused-ring (bicyclic) bond motifs is 1. The van der Waals surface area contributed by atoms with Crippen LogP contribution in [0.4, 0.5) is 5.69 Å². The number of aromatic nitrogens is 1. The Morgan fingerprint density at radius 3 is 2.63 bits per heavy atom. The molecule has 19 heavy (non-hydrogen) atoms. The number of nitrogens with one attached hydrogen (secondary N) is 1. The normalized spacial score (nSPS) is 11.1. The van der Waals surface area contributed by atoms with Crippen LogP contribution >= 0.6 is 11.6 Å². The zero-order valence-electron chi connectivity index (χ0n) is 11.7. The summed E-state index contributed by atoms with van der Waals surface area (Å²) in [5.41, 5.74) is 3.03. The predicted molar refractivity (Wildman–Crippen MR) is 81.4 cm³/mol. The minimum Gasteiger partial charge on any atom is -0.495 e. The summed E-state index contributed by atoms with van der Waals surface area (Å²) in [4.78, 5) is 4.70. The first-order chi connectivity index (χ1) is 9.05. The van der Waals surface area contributed by atoms with Crippen LogP contribution in [0.15, 0.2) is 18.2 Å². The second kappa shape index (κ2) is 5.66. The summed E-state index contributed by atoms with van der Waals surface area (Å²) < 4.78 is 5.26. The van der Waals surface area contributed by atoms with Crippen LogP contribution in [-0.4, -0.2) is 19.1 Å². The van der Waals surface area contributed by atoms with Gasteiger partial charge in [-0.15, -0.1) is 0 Å². The van der Waals surface area contributed by atoms with E-state index in [1.54, 1.807) is 7.11 Å². The second-order valence-electron chi connectivity index (χ2n) is 5.01. The summed E-state index contributed by atoms with van der Waals surface area (Å²) in [7, 11) is 3.52. The molecule has 3 nitrogen and oxygen atoms in total. The van der Waals surface area contributed by atoms with E-state index in [-0.39, 0.29) is 0 Å². The van der Waals surface area contributed by atoms with Gasteiger partial charge in [0.15, 0.2) is 0 Å². The number of hydrogen-bond donors (Lipinski definition) is 1. The number of methoxy groups -OCH3 is 1. The van der Waals surface area contributed by atoms with Gasteiger partial charge in [-0.3, -0.25) is 4.98 Å². The SMILES string of the molecule is CNc1cc(CC(C)C)nc2cc(OC)c(Cl)cc12. The summed E-state index contributed by atoms with van der Waals surface area (Å²) in [6, 6.07) is 5.88. The van der Waals surface area contributed by atoms with Crippen molar-refractivity contribution in [3.8, 4) is 5.75 Å². The number of anilines is 1. The molecule has 1 aromatic carbocycles. The first kappa shape index (κ1) is 13.9. The lowest BCUT2D eigenvalue weighted by atomic mass is 10.1.